The lowest BCUT2D eigenvalue weighted by Gasteiger charge is -2.34. The summed E-state index contributed by atoms with van der Waals surface area (Å²) in [6.45, 7) is 4.48. The predicted molar refractivity (Wildman–Crippen MR) is 263 cm³/mol. The summed E-state index contributed by atoms with van der Waals surface area (Å²) in [6, 6.07) is -0.737. The zero-order chi connectivity index (χ0) is 46.3. The second-order valence-electron chi connectivity index (χ2n) is 17.9. The number of aliphatic carboxylic acids is 1. The molecule has 0 amide bonds. The van der Waals surface area contributed by atoms with Crippen LogP contribution in [0.25, 0.3) is 0 Å². The number of allylic oxidation sites excluding steroid dienone is 14. The largest absolute Gasteiger partial charge is 0.544 e. The summed E-state index contributed by atoms with van der Waals surface area (Å²) in [6.07, 6.45) is 59.0. The number of esters is 2. The number of carbonyl (C=O) groups excluding carboxylic acids is 3. The van der Waals surface area contributed by atoms with Gasteiger partial charge in [0, 0.05) is 19.3 Å². The molecular formula is C55H93NO7. The van der Waals surface area contributed by atoms with Crippen LogP contribution in [0.1, 0.15) is 194 Å². The summed E-state index contributed by atoms with van der Waals surface area (Å²) in [4.78, 5) is 37.0. The smallest absolute Gasteiger partial charge is 0.306 e. The minimum atomic E-state index is -1.13. The van der Waals surface area contributed by atoms with E-state index in [1.807, 2.05) is 72.9 Å². The monoisotopic (exact) mass is 880 g/mol. The van der Waals surface area contributed by atoms with E-state index in [4.69, 9.17) is 14.2 Å². The molecule has 0 rings (SSSR count). The van der Waals surface area contributed by atoms with Gasteiger partial charge in [-0.15, -0.1) is 0 Å². The molecule has 2 unspecified atom stereocenters. The van der Waals surface area contributed by atoms with Crippen LogP contribution in [0.4, 0.5) is 0 Å². The standard InChI is InChI=1S/C55H93NO7/c1-6-8-10-12-14-16-18-20-22-24-26-28-30-32-34-36-38-40-42-44-46-54(58)63-51(49-61-48-47-52(55(59)60)56(3,4)5)50-62-53(57)45-43-41-39-37-35-33-31-29-27-25-23-21-19-17-15-13-11-9-7-2/h9,11,13,15,17,19,21,23,25,27,29,31,33,35,51-52H,6-8,10,12,14,16,18,20,22,24,26,28,30,32,34,36-50H2,1-5H3/b11-9+,15-13+,19-17+,23-21+,27-25+,31-29+,35-33+. The number of rotatable bonds is 44. The van der Waals surface area contributed by atoms with Crippen LogP contribution in [-0.4, -0.2) is 75.5 Å². The summed E-state index contributed by atoms with van der Waals surface area (Å²) in [5.41, 5.74) is 0. The molecule has 0 N–H and O–H groups in total. The lowest BCUT2D eigenvalue weighted by atomic mass is 10.0. The molecule has 0 fully saturated rings. The van der Waals surface area contributed by atoms with Gasteiger partial charge in [-0.05, 0) is 32.1 Å². The Labute approximate surface area is 386 Å². The first kappa shape index (κ1) is 59.5. The van der Waals surface area contributed by atoms with Gasteiger partial charge in [0.15, 0.2) is 6.10 Å². The number of hydrogen-bond donors (Lipinski definition) is 0. The molecule has 0 heterocycles. The average molecular weight is 880 g/mol. The molecule has 0 radical (unpaired) electrons. The molecular weight excluding hydrogens is 787 g/mol. The zero-order valence-corrected chi connectivity index (χ0v) is 41.0. The van der Waals surface area contributed by atoms with E-state index in [0.717, 1.165) is 44.9 Å². The van der Waals surface area contributed by atoms with Gasteiger partial charge in [0.2, 0.25) is 0 Å². The Bertz CT molecular complexity index is 1300. The fourth-order valence-electron chi connectivity index (χ4n) is 7.11. The summed E-state index contributed by atoms with van der Waals surface area (Å²) >= 11 is 0. The van der Waals surface area contributed by atoms with Gasteiger partial charge in [-0.2, -0.15) is 0 Å². The number of unbranched alkanes of at least 4 members (excludes halogenated alkanes) is 22. The summed E-state index contributed by atoms with van der Waals surface area (Å²) in [5, 5.41) is 11.7. The van der Waals surface area contributed by atoms with Crippen LogP contribution in [0.2, 0.25) is 0 Å². The zero-order valence-electron chi connectivity index (χ0n) is 41.0. The van der Waals surface area contributed by atoms with E-state index >= 15 is 0 Å². The van der Waals surface area contributed by atoms with Crippen LogP contribution in [0, 0.1) is 0 Å². The fraction of sp³-hybridized carbons (Fsp3) is 0.691. The van der Waals surface area contributed by atoms with Gasteiger partial charge in [-0.1, -0.05) is 227 Å². The molecule has 2 atom stereocenters. The van der Waals surface area contributed by atoms with Crippen LogP contribution < -0.4 is 5.11 Å². The maximum Gasteiger partial charge on any atom is 0.306 e. The van der Waals surface area contributed by atoms with E-state index in [1.54, 1.807) is 21.1 Å². The van der Waals surface area contributed by atoms with Crippen LogP contribution >= 0.6 is 0 Å². The minimum absolute atomic E-state index is 0.0229. The predicted octanol–water partition coefficient (Wildman–Crippen LogP) is 13.1. The quantitative estimate of drug-likeness (QED) is 0.0260. The van der Waals surface area contributed by atoms with Gasteiger partial charge in [-0.3, -0.25) is 9.59 Å². The first-order valence-corrected chi connectivity index (χ1v) is 25.2. The molecule has 0 aromatic heterocycles. The van der Waals surface area contributed by atoms with Gasteiger partial charge in [0.25, 0.3) is 0 Å². The van der Waals surface area contributed by atoms with Crippen molar-refractivity contribution in [2.24, 2.45) is 0 Å². The number of hydrogen-bond acceptors (Lipinski definition) is 7. The molecule has 63 heavy (non-hydrogen) atoms. The number of quaternary nitrogens is 1. The maximum atomic E-state index is 12.8. The molecule has 8 heteroatoms. The Kier molecular flexibility index (Phi) is 42.6. The van der Waals surface area contributed by atoms with Crippen LogP contribution in [0.3, 0.4) is 0 Å². The highest BCUT2D eigenvalue weighted by molar-refractivity contribution is 5.70. The molecule has 0 aromatic carbocycles. The number of ether oxygens (including phenoxy) is 3. The van der Waals surface area contributed by atoms with Gasteiger partial charge in [-0.25, -0.2) is 0 Å². The number of carboxylic acid groups (broad SMARTS) is 1. The number of carboxylic acids is 1. The second-order valence-corrected chi connectivity index (χ2v) is 17.9. The Morgan fingerprint density at radius 1 is 0.492 bits per heavy atom. The molecule has 0 saturated heterocycles. The first-order chi connectivity index (χ1) is 30.6. The summed E-state index contributed by atoms with van der Waals surface area (Å²) in [5.74, 6) is -1.79. The van der Waals surface area contributed by atoms with E-state index in [0.29, 0.717) is 19.3 Å². The van der Waals surface area contributed by atoms with Crippen LogP contribution in [0.15, 0.2) is 85.1 Å². The normalized spacial score (nSPS) is 13.6. The molecule has 0 aromatic rings. The topological polar surface area (TPSA) is 102 Å². The van der Waals surface area contributed by atoms with Crippen molar-refractivity contribution in [1.29, 1.82) is 0 Å². The highest BCUT2D eigenvalue weighted by Crippen LogP contribution is 2.16. The van der Waals surface area contributed by atoms with Crippen LogP contribution in [-0.2, 0) is 28.6 Å². The highest BCUT2D eigenvalue weighted by Gasteiger charge is 2.25. The number of nitrogens with zero attached hydrogens (tertiary/aromatic N) is 1. The van der Waals surface area contributed by atoms with Crippen LogP contribution in [0.5, 0.6) is 0 Å². The fourth-order valence-corrected chi connectivity index (χ4v) is 7.11. The molecule has 8 nitrogen and oxygen atoms in total. The van der Waals surface area contributed by atoms with Gasteiger partial charge < -0.3 is 28.6 Å². The van der Waals surface area contributed by atoms with E-state index in [9.17, 15) is 19.5 Å². The molecule has 360 valence electrons. The molecule has 0 aliphatic heterocycles. The van der Waals surface area contributed by atoms with Gasteiger partial charge in [0.05, 0.1) is 40.3 Å². The van der Waals surface area contributed by atoms with E-state index < -0.39 is 18.1 Å². The van der Waals surface area contributed by atoms with Crippen molar-refractivity contribution in [2.75, 3.05) is 41.0 Å². The van der Waals surface area contributed by atoms with Crippen molar-refractivity contribution in [3.8, 4) is 0 Å². The third kappa shape index (κ3) is 43.5. The third-order valence-electron chi connectivity index (χ3n) is 11.0. The van der Waals surface area contributed by atoms with Crippen molar-refractivity contribution in [2.45, 2.75) is 206 Å². The highest BCUT2D eigenvalue weighted by atomic mass is 16.6. The van der Waals surface area contributed by atoms with Crippen molar-refractivity contribution >= 4 is 17.9 Å². The second kappa shape index (κ2) is 45.1. The Balaban J connectivity index is 4.35. The first-order valence-electron chi connectivity index (χ1n) is 25.2. The number of likely N-dealkylation sites (N-methyl/N-ethyl adjacent to an activating group) is 1. The van der Waals surface area contributed by atoms with E-state index in [1.165, 1.54) is 109 Å². The summed E-state index contributed by atoms with van der Waals surface area (Å²) < 4.78 is 17.2. The Morgan fingerprint density at radius 2 is 0.889 bits per heavy atom. The molecule has 0 aliphatic rings. The Hall–Kier alpha value is -3.49. The van der Waals surface area contributed by atoms with Crippen molar-refractivity contribution in [3.63, 3.8) is 0 Å². The average Bonchev–Trinajstić information content (AvgIpc) is 3.24. The maximum absolute atomic E-state index is 12.8. The van der Waals surface area contributed by atoms with Crippen molar-refractivity contribution in [3.05, 3.63) is 85.1 Å². The third-order valence-corrected chi connectivity index (χ3v) is 11.0. The molecule has 0 saturated carbocycles. The molecule has 0 bridgehead atoms. The molecule has 0 aliphatic carbocycles. The Morgan fingerprint density at radius 3 is 1.32 bits per heavy atom. The lowest BCUT2D eigenvalue weighted by molar-refractivity contribution is -0.889. The van der Waals surface area contributed by atoms with Crippen molar-refractivity contribution < 1.29 is 38.2 Å². The van der Waals surface area contributed by atoms with E-state index in [2.05, 4.69) is 26.0 Å². The SMILES string of the molecule is CC/C=C/C=C/C=C/C=C/C=C/C=C/C=C/CCCCCC(=O)OCC(COCCC(C(=O)[O-])[N+](C)(C)C)OC(=O)CCCCCCCCCCCCCCCCCCCCCC. The number of carbonyl (C=O) groups is 3. The minimum Gasteiger partial charge on any atom is -0.544 e. The lowest BCUT2D eigenvalue weighted by Crippen LogP contribution is -2.55. The van der Waals surface area contributed by atoms with Crippen molar-refractivity contribution in [1.82, 2.24) is 0 Å². The van der Waals surface area contributed by atoms with Gasteiger partial charge in [0.1, 0.15) is 12.6 Å². The summed E-state index contributed by atoms with van der Waals surface area (Å²) in [7, 11) is 5.39. The molecule has 0 spiro atoms. The van der Waals surface area contributed by atoms with Gasteiger partial charge >= 0.3 is 11.9 Å². The van der Waals surface area contributed by atoms with E-state index in [-0.39, 0.29) is 42.7 Å².